The highest BCUT2D eigenvalue weighted by Gasteiger charge is 2.59. The van der Waals surface area contributed by atoms with Crippen LogP contribution in [0.4, 0.5) is 0 Å². The van der Waals surface area contributed by atoms with E-state index in [9.17, 15) is 4.79 Å². The average molecular weight is 342 g/mol. The molecule has 0 aromatic heterocycles. The number of fused-ring (bicyclic) bond motifs is 5. The molecule has 4 saturated carbocycles. The van der Waals surface area contributed by atoms with Crippen LogP contribution in [-0.2, 0) is 4.79 Å². The van der Waals surface area contributed by atoms with Crippen LogP contribution in [0.2, 0.25) is 0 Å². The third-order valence-electron chi connectivity index (χ3n) is 9.09. The normalized spacial score (nSPS) is 48.5. The van der Waals surface area contributed by atoms with Crippen LogP contribution < -0.4 is 5.32 Å². The fourth-order valence-corrected chi connectivity index (χ4v) is 7.87. The van der Waals surface area contributed by atoms with E-state index in [2.05, 4.69) is 31.5 Å². The van der Waals surface area contributed by atoms with Crippen LogP contribution in [-0.4, -0.2) is 11.9 Å². The van der Waals surface area contributed by atoms with Gasteiger partial charge in [-0.15, -0.1) is 5.73 Å². The van der Waals surface area contributed by atoms with E-state index in [-0.39, 0.29) is 11.3 Å². The molecular formula is C23H35NO. The van der Waals surface area contributed by atoms with Gasteiger partial charge in [-0.25, -0.2) is 0 Å². The topological polar surface area (TPSA) is 29.1 Å². The van der Waals surface area contributed by atoms with Crippen molar-refractivity contribution < 1.29 is 4.79 Å². The Morgan fingerprint density at radius 3 is 2.68 bits per heavy atom. The Balaban J connectivity index is 1.63. The van der Waals surface area contributed by atoms with Crippen LogP contribution >= 0.6 is 0 Å². The molecule has 0 radical (unpaired) electrons. The molecule has 138 valence electrons. The van der Waals surface area contributed by atoms with Crippen molar-refractivity contribution >= 4 is 5.91 Å². The maximum Gasteiger partial charge on any atom is 0.251 e. The fourth-order valence-electron chi connectivity index (χ4n) is 7.87. The van der Waals surface area contributed by atoms with Crippen LogP contribution in [0.3, 0.4) is 0 Å². The molecule has 25 heavy (non-hydrogen) atoms. The number of hydrogen-bond donors (Lipinski definition) is 1. The van der Waals surface area contributed by atoms with Crippen molar-refractivity contribution in [2.24, 2.45) is 34.5 Å². The van der Waals surface area contributed by atoms with Crippen molar-refractivity contribution in [3.63, 3.8) is 0 Å². The van der Waals surface area contributed by atoms with Crippen molar-refractivity contribution in [3.05, 3.63) is 18.4 Å². The van der Waals surface area contributed by atoms with E-state index in [1.807, 2.05) is 0 Å². The van der Waals surface area contributed by atoms with Gasteiger partial charge in [-0.3, -0.25) is 4.79 Å². The predicted molar refractivity (Wildman–Crippen MR) is 102 cm³/mol. The minimum Gasteiger partial charge on any atom is -0.349 e. The Hall–Kier alpha value is -1.01. The summed E-state index contributed by atoms with van der Waals surface area (Å²) in [6.07, 6.45) is 15.2. The minimum absolute atomic E-state index is 0.00510. The second kappa shape index (κ2) is 6.31. The van der Waals surface area contributed by atoms with E-state index in [0.29, 0.717) is 11.5 Å². The lowest BCUT2D eigenvalue weighted by atomic mass is 9.44. The molecule has 1 N–H and O–H groups in total. The number of nitrogens with one attached hydrogen (secondary N) is 1. The molecule has 0 saturated heterocycles. The van der Waals surface area contributed by atoms with Crippen molar-refractivity contribution in [1.29, 1.82) is 0 Å². The summed E-state index contributed by atoms with van der Waals surface area (Å²) in [5, 5.41) is 3.36. The zero-order valence-electron chi connectivity index (χ0n) is 16.2. The third-order valence-corrected chi connectivity index (χ3v) is 9.09. The fraction of sp³-hybridized carbons (Fsp3) is 0.826. The molecule has 0 aromatic rings. The molecule has 0 aliphatic heterocycles. The molecule has 0 spiro atoms. The average Bonchev–Trinajstić information content (AvgIpc) is 2.97. The predicted octanol–water partition coefficient (Wildman–Crippen LogP) is 5.25. The van der Waals surface area contributed by atoms with E-state index < -0.39 is 0 Å². The lowest BCUT2D eigenvalue weighted by Gasteiger charge is -2.62. The second-order valence-corrected chi connectivity index (χ2v) is 9.94. The minimum atomic E-state index is 0.00510. The molecule has 0 bridgehead atoms. The van der Waals surface area contributed by atoms with E-state index in [1.165, 1.54) is 63.9 Å². The molecular weight excluding hydrogens is 306 g/mol. The van der Waals surface area contributed by atoms with Crippen molar-refractivity contribution in [2.75, 3.05) is 0 Å². The van der Waals surface area contributed by atoms with Gasteiger partial charge < -0.3 is 5.32 Å². The number of rotatable bonds is 2. The van der Waals surface area contributed by atoms with E-state index in [1.54, 1.807) is 0 Å². The maximum atomic E-state index is 12.3. The molecule has 0 aromatic carbocycles. The standard InChI is InChI=1S/C23H35NO/c1-4-7-21(25)24-20-10-5-8-16-11-12-17-18-9-6-14-22(18,2)15-13-19(17)23(16,20)3/h7,16-20H,1,5-6,8-15H2,2-3H3,(H,24,25)/t16?,17-,18-,19-,20?,22-,23-/m0/s1. The first kappa shape index (κ1) is 17.4. The number of carbonyl (C=O) groups is 1. The molecule has 4 rings (SSSR count). The van der Waals surface area contributed by atoms with Crippen molar-refractivity contribution in [3.8, 4) is 0 Å². The summed E-state index contributed by atoms with van der Waals surface area (Å²) in [6, 6.07) is 0.335. The van der Waals surface area contributed by atoms with Gasteiger partial charge in [0, 0.05) is 12.1 Å². The summed E-state index contributed by atoms with van der Waals surface area (Å²) < 4.78 is 0. The maximum absolute atomic E-state index is 12.3. The Labute approximate surface area is 153 Å². The van der Waals surface area contributed by atoms with Gasteiger partial charge in [0.05, 0.1) is 0 Å². The van der Waals surface area contributed by atoms with Gasteiger partial charge >= 0.3 is 0 Å². The highest BCUT2D eigenvalue weighted by Crippen LogP contribution is 2.66. The Kier molecular flexibility index (Phi) is 4.39. The van der Waals surface area contributed by atoms with E-state index >= 15 is 0 Å². The molecule has 0 heterocycles. The van der Waals surface area contributed by atoms with Gasteiger partial charge in [-0.05, 0) is 85.9 Å². The third kappa shape index (κ3) is 2.64. The molecule has 4 aliphatic rings. The summed E-state index contributed by atoms with van der Waals surface area (Å²) in [5.41, 5.74) is 3.55. The number of carbonyl (C=O) groups excluding carboxylic acids is 1. The molecule has 7 atom stereocenters. The van der Waals surface area contributed by atoms with Gasteiger partial charge in [0.1, 0.15) is 0 Å². The van der Waals surface area contributed by atoms with Gasteiger partial charge in [-0.1, -0.05) is 33.3 Å². The quantitative estimate of drug-likeness (QED) is 0.540. The van der Waals surface area contributed by atoms with E-state index in [4.69, 9.17) is 0 Å². The smallest absolute Gasteiger partial charge is 0.251 e. The highest BCUT2D eigenvalue weighted by atomic mass is 16.1. The van der Waals surface area contributed by atoms with Gasteiger partial charge in [0.25, 0.3) is 5.91 Å². The Morgan fingerprint density at radius 1 is 1.04 bits per heavy atom. The van der Waals surface area contributed by atoms with E-state index in [0.717, 1.165) is 30.1 Å². The van der Waals surface area contributed by atoms with Gasteiger partial charge in [0.15, 0.2) is 0 Å². The van der Waals surface area contributed by atoms with Crippen LogP contribution in [0.5, 0.6) is 0 Å². The summed E-state index contributed by atoms with van der Waals surface area (Å²) in [4.78, 5) is 12.3. The molecule has 4 aliphatic carbocycles. The number of amides is 1. The SMILES string of the molecule is C=C=CC(=O)NC1CCCC2CC[C@H]3[C@@H]4CCC[C@@]4(C)CC[C@@H]3[C@]21C. The van der Waals surface area contributed by atoms with Crippen LogP contribution in [0, 0.1) is 34.5 Å². The lowest BCUT2D eigenvalue weighted by Crippen LogP contribution is -2.61. The van der Waals surface area contributed by atoms with Crippen LogP contribution in [0.1, 0.15) is 78.1 Å². The van der Waals surface area contributed by atoms with Gasteiger partial charge in [-0.2, -0.15) is 0 Å². The summed E-state index contributed by atoms with van der Waals surface area (Å²) in [7, 11) is 0. The summed E-state index contributed by atoms with van der Waals surface area (Å²) in [5.74, 6) is 3.45. The molecule has 2 nitrogen and oxygen atoms in total. The van der Waals surface area contributed by atoms with Crippen LogP contribution in [0.25, 0.3) is 0 Å². The first-order valence-corrected chi connectivity index (χ1v) is 10.7. The molecule has 2 heteroatoms. The van der Waals surface area contributed by atoms with Crippen LogP contribution in [0.15, 0.2) is 18.4 Å². The Bertz CT molecular complexity index is 591. The first-order chi connectivity index (χ1) is 12.0. The number of hydrogen-bond acceptors (Lipinski definition) is 1. The molecule has 2 unspecified atom stereocenters. The highest BCUT2D eigenvalue weighted by molar-refractivity contribution is 5.87. The second-order valence-electron chi connectivity index (χ2n) is 9.94. The zero-order chi connectivity index (χ0) is 17.7. The lowest BCUT2D eigenvalue weighted by molar-refractivity contribution is -0.132. The van der Waals surface area contributed by atoms with Gasteiger partial charge in [0.2, 0.25) is 0 Å². The Morgan fingerprint density at radius 2 is 1.88 bits per heavy atom. The zero-order valence-corrected chi connectivity index (χ0v) is 16.2. The van der Waals surface area contributed by atoms with Crippen molar-refractivity contribution in [2.45, 2.75) is 84.1 Å². The summed E-state index contributed by atoms with van der Waals surface area (Å²) >= 11 is 0. The monoisotopic (exact) mass is 341 g/mol. The first-order valence-electron chi connectivity index (χ1n) is 10.7. The van der Waals surface area contributed by atoms with Crippen molar-refractivity contribution in [1.82, 2.24) is 5.32 Å². The molecule has 1 amide bonds. The summed E-state index contributed by atoms with van der Waals surface area (Å²) in [6.45, 7) is 8.67. The largest absolute Gasteiger partial charge is 0.349 e. The molecule has 4 fully saturated rings.